The number of likely N-dealkylation sites (tertiary alicyclic amines) is 1. The molecular formula is C23H31N3O. The number of hydrogen-bond acceptors (Lipinski definition) is 3. The van der Waals surface area contributed by atoms with Crippen molar-refractivity contribution in [2.45, 2.75) is 39.3 Å². The highest BCUT2D eigenvalue weighted by Gasteiger charge is 2.20. The molecule has 2 aromatic carbocycles. The van der Waals surface area contributed by atoms with Gasteiger partial charge in [-0.2, -0.15) is 0 Å². The molecule has 0 spiro atoms. The summed E-state index contributed by atoms with van der Waals surface area (Å²) in [6, 6.07) is 19.1. The summed E-state index contributed by atoms with van der Waals surface area (Å²) in [7, 11) is 0. The number of anilines is 1. The molecule has 0 aromatic heterocycles. The third-order valence-electron chi connectivity index (χ3n) is 5.31. The Morgan fingerprint density at radius 1 is 1.07 bits per heavy atom. The summed E-state index contributed by atoms with van der Waals surface area (Å²) in [5.74, 6) is 0.109. The molecule has 1 aliphatic heterocycles. The third-order valence-corrected chi connectivity index (χ3v) is 5.31. The highest BCUT2D eigenvalue weighted by molar-refractivity contribution is 5.94. The van der Waals surface area contributed by atoms with Crippen molar-refractivity contribution >= 4 is 11.6 Å². The van der Waals surface area contributed by atoms with E-state index >= 15 is 0 Å². The predicted octanol–water partition coefficient (Wildman–Crippen LogP) is 4.25. The molecule has 0 radical (unpaired) electrons. The van der Waals surface area contributed by atoms with Crippen LogP contribution in [0, 0.1) is 0 Å². The molecular weight excluding hydrogens is 334 g/mol. The van der Waals surface area contributed by atoms with Gasteiger partial charge < -0.3 is 10.2 Å². The van der Waals surface area contributed by atoms with Crippen LogP contribution in [0.4, 0.5) is 5.69 Å². The lowest BCUT2D eigenvalue weighted by Crippen LogP contribution is -2.41. The normalized spacial score (nSPS) is 17.5. The molecule has 1 N–H and O–H groups in total. The molecule has 0 saturated carbocycles. The molecule has 144 valence electrons. The zero-order valence-corrected chi connectivity index (χ0v) is 16.5. The van der Waals surface area contributed by atoms with Crippen molar-refractivity contribution < 1.29 is 4.79 Å². The van der Waals surface area contributed by atoms with E-state index in [4.69, 9.17) is 0 Å². The van der Waals surface area contributed by atoms with Crippen LogP contribution in [0.15, 0.2) is 54.6 Å². The molecule has 0 aliphatic carbocycles. The Morgan fingerprint density at radius 2 is 1.78 bits per heavy atom. The summed E-state index contributed by atoms with van der Waals surface area (Å²) in [6.45, 7) is 8.74. The summed E-state index contributed by atoms with van der Waals surface area (Å²) < 4.78 is 0. The molecule has 1 unspecified atom stereocenters. The summed E-state index contributed by atoms with van der Waals surface area (Å²) in [6.07, 6.45) is 2.40. The average molecular weight is 366 g/mol. The van der Waals surface area contributed by atoms with Crippen LogP contribution < -0.4 is 5.32 Å². The van der Waals surface area contributed by atoms with Crippen molar-refractivity contribution in [3.8, 4) is 0 Å². The smallest absolute Gasteiger partial charge is 0.253 e. The van der Waals surface area contributed by atoms with E-state index in [1.54, 1.807) is 0 Å². The van der Waals surface area contributed by atoms with Crippen LogP contribution >= 0.6 is 0 Å². The molecule has 0 bridgehead atoms. The van der Waals surface area contributed by atoms with E-state index in [1.807, 2.05) is 43.0 Å². The first-order chi connectivity index (χ1) is 13.2. The minimum absolute atomic E-state index is 0.109. The lowest BCUT2D eigenvalue weighted by molar-refractivity contribution is 0.0773. The van der Waals surface area contributed by atoms with E-state index in [1.165, 1.54) is 18.4 Å². The Hall–Kier alpha value is -2.33. The minimum atomic E-state index is 0.109. The van der Waals surface area contributed by atoms with Crippen LogP contribution in [-0.4, -0.2) is 47.9 Å². The molecule has 4 heteroatoms. The first kappa shape index (κ1) is 19.4. The molecule has 1 heterocycles. The number of benzene rings is 2. The van der Waals surface area contributed by atoms with Gasteiger partial charge >= 0.3 is 0 Å². The van der Waals surface area contributed by atoms with Gasteiger partial charge in [-0.25, -0.2) is 0 Å². The summed E-state index contributed by atoms with van der Waals surface area (Å²) in [4.78, 5) is 16.8. The minimum Gasteiger partial charge on any atom is -0.381 e. The third kappa shape index (κ3) is 5.33. The maximum atomic E-state index is 12.4. The summed E-state index contributed by atoms with van der Waals surface area (Å²) in [5.41, 5.74) is 3.23. The van der Waals surface area contributed by atoms with Gasteiger partial charge in [0.1, 0.15) is 0 Å². The van der Waals surface area contributed by atoms with Crippen LogP contribution in [0.1, 0.15) is 42.6 Å². The van der Waals surface area contributed by atoms with Crippen LogP contribution in [-0.2, 0) is 6.54 Å². The second-order valence-electron chi connectivity index (χ2n) is 7.26. The van der Waals surface area contributed by atoms with Crippen molar-refractivity contribution in [3.05, 3.63) is 65.7 Å². The molecule has 1 fully saturated rings. The number of carbonyl (C=O) groups excluding carboxylic acids is 1. The molecule has 1 amide bonds. The zero-order valence-electron chi connectivity index (χ0n) is 16.5. The molecule has 1 aliphatic rings. The highest BCUT2D eigenvalue weighted by Crippen LogP contribution is 2.19. The van der Waals surface area contributed by atoms with Gasteiger partial charge in [0.25, 0.3) is 5.91 Å². The Balaban J connectivity index is 1.56. The predicted molar refractivity (Wildman–Crippen MR) is 112 cm³/mol. The van der Waals surface area contributed by atoms with Crippen LogP contribution in [0.2, 0.25) is 0 Å². The Morgan fingerprint density at radius 3 is 2.44 bits per heavy atom. The largest absolute Gasteiger partial charge is 0.381 e. The second-order valence-corrected chi connectivity index (χ2v) is 7.26. The zero-order chi connectivity index (χ0) is 19.1. The van der Waals surface area contributed by atoms with Gasteiger partial charge in [-0.1, -0.05) is 30.3 Å². The number of amides is 1. The monoisotopic (exact) mass is 365 g/mol. The number of nitrogens with zero attached hydrogens (tertiary/aromatic N) is 2. The topological polar surface area (TPSA) is 35.6 Å². The van der Waals surface area contributed by atoms with Crippen molar-refractivity contribution in [3.63, 3.8) is 0 Å². The standard InChI is InChI=1S/C23H31N3O/c1-3-26(4-2)23(27)20-12-14-21(15-13-20)24-22-11-8-16-25(18-22)17-19-9-6-5-7-10-19/h5-7,9-10,12-15,22,24H,3-4,8,11,16-18H2,1-2H3. The van der Waals surface area contributed by atoms with Gasteiger partial charge in [0.2, 0.25) is 0 Å². The molecule has 1 saturated heterocycles. The van der Waals surface area contributed by atoms with Gasteiger partial charge in [-0.3, -0.25) is 9.69 Å². The van der Waals surface area contributed by atoms with Crippen molar-refractivity contribution in [2.75, 3.05) is 31.5 Å². The Bertz CT molecular complexity index is 710. The van der Waals surface area contributed by atoms with Crippen molar-refractivity contribution in [1.82, 2.24) is 9.80 Å². The number of piperidine rings is 1. The number of carbonyl (C=O) groups is 1. The quantitative estimate of drug-likeness (QED) is 0.797. The fourth-order valence-electron chi connectivity index (χ4n) is 3.80. The fourth-order valence-corrected chi connectivity index (χ4v) is 3.80. The highest BCUT2D eigenvalue weighted by atomic mass is 16.2. The van der Waals surface area contributed by atoms with E-state index < -0.39 is 0 Å². The van der Waals surface area contributed by atoms with Gasteiger partial charge in [-0.15, -0.1) is 0 Å². The lowest BCUT2D eigenvalue weighted by atomic mass is 10.0. The van der Waals surface area contributed by atoms with E-state index in [2.05, 4.69) is 40.5 Å². The second kappa shape index (κ2) is 9.56. The van der Waals surface area contributed by atoms with Gasteiger partial charge in [-0.05, 0) is 63.1 Å². The molecule has 2 aromatic rings. The number of nitrogens with one attached hydrogen (secondary N) is 1. The van der Waals surface area contributed by atoms with Gasteiger partial charge in [0.15, 0.2) is 0 Å². The van der Waals surface area contributed by atoms with Gasteiger partial charge in [0.05, 0.1) is 0 Å². The maximum Gasteiger partial charge on any atom is 0.253 e. The molecule has 4 nitrogen and oxygen atoms in total. The molecule has 1 atom stereocenters. The van der Waals surface area contributed by atoms with Crippen LogP contribution in [0.3, 0.4) is 0 Å². The number of rotatable bonds is 7. The van der Waals surface area contributed by atoms with Crippen molar-refractivity contribution in [2.24, 2.45) is 0 Å². The fraction of sp³-hybridized carbons (Fsp3) is 0.435. The first-order valence-electron chi connectivity index (χ1n) is 10.1. The summed E-state index contributed by atoms with van der Waals surface area (Å²) >= 11 is 0. The van der Waals surface area contributed by atoms with E-state index in [9.17, 15) is 4.79 Å². The number of hydrogen-bond donors (Lipinski definition) is 1. The Kier molecular flexibility index (Phi) is 6.88. The first-order valence-corrected chi connectivity index (χ1v) is 10.1. The van der Waals surface area contributed by atoms with Gasteiger partial charge in [0, 0.05) is 43.5 Å². The van der Waals surface area contributed by atoms with E-state index in [-0.39, 0.29) is 5.91 Å². The van der Waals surface area contributed by atoms with Crippen LogP contribution in [0.25, 0.3) is 0 Å². The summed E-state index contributed by atoms with van der Waals surface area (Å²) in [5, 5.41) is 3.65. The average Bonchev–Trinajstić information content (AvgIpc) is 2.70. The van der Waals surface area contributed by atoms with E-state index in [0.717, 1.165) is 44.0 Å². The Labute approximate surface area is 163 Å². The van der Waals surface area contributed by atoms with Crippen LogP contribution in [0.5, 0.6) is 0 Å². The SMILES string of the molecule is CCN(CC)C(=O)c1ccc(NC2CCCN(Cc3ccccc3)C2)cc1. The lowest BCUT2D eigenvalue weighted by Gasteiger charge is -2.33. The molecule has 27 heavy (non-hydrogen) atoms. The molecule has 3 rings (SSSR count). The maximum absolute atomic E-state index is 12.4. The van der Waals surface area contributed by atoms with Crippen molar-refractivity contribution in [1.29, 1.82) is 0 Å². The van der Waals surface area contributed by atoms with E-state index in [0.29, 0.717) is 6.04 Å².